The third-order valence-corrected chi connectivity index (χ3v) is 3.05. The number of hydrogen-bond acceptors (Lipinski definition) is 5. The first kappa shape index (κ1) is 14.0. The number of halogens is 1. The average Bonchev–Trinajstić information content (AvgIpc) is 2.82. The topological polar surface area (TPSA) is 97.6 Å². The molecule has 0 amide bonds. The Balaban J connectivity index is 2.64. The third kappa shape index (κ3) is 2.33. The summed E-state index contributed by atoms with van der Waals surface area (Å²) in [5.74, 6) is -0.00520. The van der Waals surface area contributed by atoms with Crippen molar-refractivity contribution in [1.29, 1.82) is 5.26 Å². The van der Waals surface area contributed by atoms with Gasteiger partial charge in [-0.15, -0.1) is 5.10 Å². The van der Waals surface area contributed by atoms with Gasteiger partial charge in [0, 0.05) is 6.07 Å². The molecule has 1 heterocycles. The second-order valence-electron chi connectivity index (χ2n) is 4.39. The minimum atomic E-state index is -0.566. The summed E-state index contributed by atoms with van der Waals surface area (Å²) in [6, 6.07) is 6.29. The molecule has 2 rings (SSSR count). The maximum absolute atomic E-state index is 10.9. The van der Waals surface area contributed by atoms with E-state index >= 15 is 0 Å². The number of hydrogen-bond donors (Lipinski definition) is 0. The maximum Gasteiger partial charge on any atom is 0.290 e. The quantitative estimate of drug-likeness (QED) is 0.639. The highest BCUT2D eigenvalue weighted by atomic mass is 35.5. The molecule has 7 nitrogen and oxygen atoms in total. The van der Waals surface area contributed by atoms with Crippen LogP contribution in [0.5, 0.6) is 0 Å². The van der Waals surface area contributed by atoms with Crippen LogP contribution < -0.4 is 0 Å². The zero-order valence-electron chi connectivity index (χ0n) is 10.7. The monoisotopic (exact) mass is 291 g/mol. The zero-order chi connectivity index (χ0) is 14.9. The first-order valence-electron chi connectivity index (χ1n) is 5.75. The lowest BCUT2D eigenvalue weighted by molar-refractivity contribution is -0.384. The molecule has 0 N–H and O–H groups in total. The van der Waals surface area contributed by atoms with Gasteiger partial charge in [0.25, 0.3) is 5.69 Å². The molecule has 0 unspecified atom stereocenters. The number of nitriles is 1. The Hall–Kier alpha value is -2.46. The highest BCUT2D eigenvalue weighted by Gasteiger charge is 2.20. The molecule has 0 atom stereocenters. The largest absolute Gasteiger partial charge is 0.290 e. The van der Waals surface area contributed by atoms with Gasteiger partial charge in [0.05, 0.1) is 16.3 Å². The van der Waals surface area contributed by atoms with Gasteiger partial charge in [-0.2, -0.15) is 5.26 Å². The summed E-state index contributed by atoms with van der Waals surface area (Å²) in [5, 5.41) is 27.6. The molecule has 0 spiro atoms. The first-order valence-corrected chi connectivity index (χ1v) is 6.13. The van der Waals surface area contributed by atoms with Crippen LogP contribution in [0.25, 0.3) is 5.69 Å². The van der Waals surface area contributed by atoms with E-state index in [2.05, 4.69) is 10.3 Å². The Morgan fingerprint density at radius 2 is 2.20 bits per heavy atom. The van der Waals surface area contributed by atoms with Gasteiger partial charge in [-0.25, -0.2) is 4.68 Å². The Labute approximate surface area is 119 Å². The lowest BCUT2D eigenvalue weighted by Crippen LogP contribution is -2.05. The van der Waals surface area contributed by atoms with Crippen molar-refractivity contribution in [3.8, 4) is 11.8 Å². The van der Waals surface area contributed by atoms with Gasteiger partial charge in [0.15, 0.2) is 5.69 Å². The van der Waals surface area contributed by atoms with Crippen molar-refractivity contribution < 1.29 is 4.92 Å². The van der Waals surface area contributed by atoms with Gasteiger partial charge in [-0.1, -0.05) is 30.7 Å². The predicted octanol–water partition coefficient (Wildman–Crippen LogP) is 2.82. The van der Waals surface area contributed by atoms with Crippen LogP contribution in [0.3, 0.4) is 0 Å². The van der Waals surface area contributed by atoms with Crippen LogP contribution in [0.4, 0.5) is 5.69 Å². The zero-order valence-corrected chi connectivity index (χ0v) is 11.5. The molecule has 0 saturated heterocycles. The molecule has 0 radical (unpaired) electrons. The van der Waals surface area contributed by atoms with E-state index in [1.54, 1.807) is 6.07 Å². The van der Waals surface area contributed by atoms with E-state index in [9.17, 15) is 10.1 Å². The van der Waals surface area contributed by atoms with Gasteiger partial charge >= 0.3 is 0 Å². The molecule has 102 valence electrons. The number of benzene rings is 1. The molecular weight excluding hydrogens is 282 g/mol. The highest BCUT2D eigenvalue weighted by Crippen LogP contribution is 2.28. The van der Waals surface area contributed by atoms with Crippen LogP contribution >= 0.6 is 11.6 Å². The normalized spacial score (nSPS) is 10.6. The van der Waals surface area contributed by atoms with Crippen molar-refractivity contribution in [1.82, 2.24) is 15.0 Å². The molecule has 0 aliphatic rings. The summed E-state index contributed by atoms with van der Waals surface area (Å²) in [6.07, 6.45) is 0. The summed E-state index contributed by atoms with van der Waals surface area (Å²) in [4.78, 5) is 10.3. The van der Waals surface area contributed by atoms with E-state index in [1.165, 1.54) is 16.8 Å². The lowest BCUT2D eigenvalue weighted by Gasteiger charge is -2.09. The van der Waals surface area contributed by atoms with Gasteiger partial charge in [0.2, 0.25) is 0 Å². The van der Waals surface area contributed by atoms with Gasteiger partial charge in [-0.3, -0.25) is 10.1 Å². The van der Waals surface area contributed by atoms with Gasteiger partial charge in [-0.05, 0) is 18.1 Å². The Morgan fingerprint density at radius 1 is 1.50 bits per heavy atom. The van der Waals surface area contributed by atoms with E-state index in [0.29, 0.717) is 11.4 Å². The minimum Gasteiger partial charge on any atom is -0.258 e. The Morgan fingerprint density at radius 3 is 2.75 bits per heavy atom. The molecule has 0 aliphatic carbocycles. The van der Waals surface area contributed by atoms with Crippen LogP contribution in [-0.2, 0) is 0 Å². The fourth-order valence-electron chi connectivity index (χ4n) is 1.85. The van der Waals surface area contributed by atoms with E-state index in [-0.39, 0.29) is 22.3 Å². The van der Waals surface area contributed by atoms with E-state index < -0.39 is 4.92 Å². The maximum atomic E-state index is 10.9. The first-order chi connectivity index (χ1) is 9.45. The molecule has 2 aromatic rings. The van der Waals surface area contributed by atoms with Crippen LogP contribution in [0.2, 0.25) is 5.02 Å². The van der Waals surface area contributed by atoms with Crippen LogP contribution in [0.15, 0.2) is 18.2 Å². The second-order valence-corrected chi connectivity index (χ2v) is 4.80. The van der Waals surface area contributed by atoms with E-state index in [1.807, 2.05) is 19.9 Å². The average molecular weight is 292 g/mol. The van der Waals surface area contributed by atoms with Crippen LogP contribution in [0.1, 0.15) is 31.2 Å². The number of aromatic nitrogens is 3. The Kier molecular flexibility index (Phi) is 3.68. The highest BCUT2D eigenvalue weighted by molar-refractivity contribution is 6.32. The molecule has 0 bridgehead atoms. The van der Waals surface area contributed by atoms with Crippen molar-refractivity contribution in [3.63, 3.8) is 0 Å². The van der Waals surface area contributed by atoms with Crippen molar-refractivity contribution in [3.05, 3.63) is 44.7 Å². The fraction of sp³-hybridized carbons (Fsp3) is 0.250. The Bertz CT molecular complexity index is 717. The molecular formula is C12H10ClN5O2. The number of rotatable bonds is 3. The number of nitro benzene ring substituents is 1. The predicted molar refractivity (Wildman–Crippen MR) is 71.8 cm³/mol. The lowest BCUT2D eigenvalue weighted by atomic mass is 10.1. The van der Waals surface area contributed by atoms with E-state index in [4.69, 9.17) is 16.9 Å². The van der Waals surface area contributed by atoms with Crippen molar-refractivity contribution >= 4 is 17.3 Å². The van der Waals surface area contributed by atoms with Crippen LogP contribution in [0, 0.1) is 21.4 Å². The van der Waals surface area contributed by atoms with Crippen molar-refractivity contribution in [2.45, 2.75) is 19.8 Å². The summed E-state index contributed by atoms with van der Waals surface area (Å²) in [5.41, 5.74) is 1.04. The molecule has 20 heavy (non-hydrogen) atoms. The molecule has 0 saturated carbocycles. The summed E-state index contributed by atoms with van der Waals surface area (Å²) < 4.78 is 1.42. The smallest absolute Gasteiger partial charge is 0.258 e. The summed E-state index contributed by atoms with van der Waals surface area (Å²) in [6.45, 7) is 3.78. The summed E-state index contributed by atoms with van der Waals surface area (Å²) >= 11 is 5.77. The number of nitrogens with zero attached hydrogens (tertiary/aromatic N) is 5. The summed E-state index contributed by atoms with van der Waals surface area (Å²) in [7, 11) is 0. The molecule has 1 aromatic carbocycles. The van der Waals surface area contributed by atoms with Crippen molar-refractivity contribution in [2.24, 2.45) is 0 Å². The molecule has 1 aromatic heterocycles. The molecule has 0 aliphatic heterocycles. The van der Waals surface area contributed by atoms with Gasteiger partial charge < -0.3 is 0 Å². The third-order valence-electron chi connectivity index (χ3n) is 2.73. The molecule has 0 fully saturated rings. The van der Waals surface area contributed by atoms with Gasteiger partial charge in [0.1, 0.15) is 11.1 Å². The number of nitro groups is 1. The second kappa shape index (κ2) is 5.27. The van der Waals surface area contributed by atoms with E-state index in [0.717, 1.165) is 0 Å². The molecule has 8 heteroatoms. The minimum absolute atomic E-state index is 0.00520. The fourth-order valence-corrected chi connectivity index (χ4v) is 2.04. The van der Waals surface area contributed by atoms with Crippen molar-refractivity contribution in [2.75, 3.05) is 0 Å². The van der Waals surface area contributed by atoms with Crippen LogP contribution in [-0.4, -0.2) is 19.9 Å². The standard InChI is InChI=1S/C12H10ClN5O2/c1-7(2)12-10(6-14)15-16-17(12)8-3-4-9(13)11(5-8)18(19)20/h3-5,7H,1-2H3. The SMILES string of the molecule is CC(C)c1c(C#N)nnn1-c1ccc(Cl)c([N+](=O)[O-])c1.